The highest BCUT2D eigenvalue weighted by Gasteiger charge is 2.05. The predicted molar refractivity (Wildman–Crippen MR) is 51.6 cm³/mol. The minimum Gasteiger partial charge on any atom is -0.365 e. The van der Waals surface area contributed by atoms with Crippen LogP contribution in [0.2, 0.25) is 0 Å². The second-order valence-corrected chi connectivity index (χ2v) is 3.43. The van der Waals surface area contributed by atoms with Gasteiger partial charge in [0.1, 0.15) is 0 Å². The van der Waals surface area contributed by atoms with E-state index in [9.17, 15) is 10.1 Å². The van der Waals surface area contributed by atoms with Crippen LogP contribution in [-0.2, 0) is 0 Å². The average molecular weight is 187 g/mol. The van der Waals surface area contributed by atoms with Crippen LogP contribution in [0.3, 0.4) is 0 Å². The van der Waals surface area contributed by atoms with Gasteiger partial charge >= 0.3 is 0 Å². The van der Waals surface area contributed by atoms with Gasteiger partial charge in [-0.05, 0) is 27.7 Å². The first-order valence-corrected chi connectivity index (χ1v) is 4.30. The van der Waals surface area contributed by atoms with Gasteiger partial charge in [0.05, 0.1) is 4.92 Å². The Morgan fingerprint density at radius 1 is 1.23 bits per heavy atom. The molecule has 0 spiro atoms. The van der Waals surface area contributed by atoms with Crippen molar-refractivity contribution in [2.45, 2.75) is 39.8 Å². The molecule has 0 saturated carbocycles. The van der Waals surface area contributed by atoms with Crippen LogP contribution in [0.1, 0.15) is 27.7 Å². The molecule has 0 heterocycles. The van der Waals surface area contributed by atoms with Crippen LogP contribution in [-0.4, -0.2) is 17.0 Å². The molecule has 0 aromatic carbocycles. The molecule has 5 heteroatoms. The minimum atomic E-state index is -0.472. The molecule has 0 saturated heterocycles. The number of nitro groups is 1. The van der Waals surface area contributed by atoms with Crippen molar-refractivity contribution in [2.24, 2.45) is 0 Å². The number of hydrogen-bond donors (Lipinski definition) is 2. The summed E-state index contributed by atoms with van der Waals surface area (Å²) in [6, 6.07) is 0.356. The normalized spacial score (nSPS) is 10.0. The number of rotatable bonds is 5. The van der Waals surface area contributed by atoms with E-state index in [1.807, 2.05) is 27.7 Å². The Balaban J connectivity index is 4.27. The predicted octanol–water partition coefficient (Wildman–Crippen LogP) is 1.06. The monoisotopic (exact) mass is 187 g/mol. The fourth-order valence-corrected chi connectivity index (χ4v) is 0.844. The summed E-state index contributed by atoms with van der Waals surface area (Å²) in [5.41, 5.74) is 0. The van der Waals surface area contributed by atoms with E-state index in [2.05, 4.69) is 10.6 Å². The van der Waals surface area contributed by atoms with Gasteiger partial charge in [0.2, 0.25) is 0 Å². The number of nitrogens with zero attached hydrogens (tertiary/aromatic N) is 1. The largest absolute Gasteiger partial charge is 0.365 e. The zero-order valence-electron chi connectivity index (χ0n) is 8.50. The number of hydrogen-bond acceptors (Lipinski definition) is 4. The van der Waals surface area contributed by atoms with E-state index in [-0.39, 0.29) is 12.1 Å². The Morgan fingerprint density at radius 2 is 1.62 bits per heavy atom. The minimum absolute atomic E-state index is 0.178. The Hall–Kier alpha value is -1.26. The van der Waals surface area contributed by atoms with Crippen LogP contribution < -0.4 is 10.6 Å². The Kier molecular flexibility index (Phi) is 4.87. The number of nitrogens with one attached hydrogen (secondary N) is 2. The molecule has 0 atom stereocenters. The van der Waals surface area contributed by atoms with Gasteiger partial charge in [0, 0.05) is 12.1 Å². The quantitative estimate of drug-likeness (QED) is 0.499. The van der Waals surface area contributed by atoms with E-state index in [1.54, 1.807) is 0 Å². The maximum Gasteiger partial charge on any atom is 0.274 e. The molecule has 0 unspecified atom stereocenters. The highest BCUT2D eigenvalue weighted by molar-refractivity contribution is 4.94. The van der Waals surface area contributed by atoms with Crippen LogP contribution in [0.5, 0.6) is 0 Å². The van der Waals surface area contributed by atoms with Gasteiger partial charge in [-0.15, -0.1) is 0 Å². The van der Waals surface area contributed by atoms with Gasteiger partial charge in [-0.2, -0.15) is 0 Å². The summed E-state index contributed by atoms with van der Waals surface area (Å²) in [6.45, 7) is 7.71. The van der Waals surface area contributed by atoms with Crippen molar-refractivity contribution >= 4 is 0 Å². The molecule has 0 bridgehead atoms. The van der Waals surface area contributed by atoms with Crippen molar-refractivity contribution in [3.05, 3.63) is 22.1 Å². The van der Waals surface area contributed by atoms with Gasteiger partial charge in [-0.1, -0.05) is 0 Å². The highest BCUT2D eigenvalue weighted by Crippen LogP contribution is 1.91. The third kappa shape index (κ3) is 7.11. The van der Waals surface area contributed by atoms with E-state index in [0.29, 0.717) is 5.82 Å². The Morgan fingerprint density at radius 3 is 1.85 bits per heavy atom. The first-order valence-electron chi connectivity index (χ1n) is 4.30. The fourth-order valence-electron chi connectivity index (χ4n) is 0.844. The molecule has 0 rings (SSSR count). The summed E-state index contributed by atoms with van der Waals surface area (Å²) in [5, 5.41) is 16.1. The molecule has 76 valence electrons. The van der Waals surface area contributed by atoms with E-state index < -0.39 is 4.92 Å². The maximum absolute atomic E-state index is 10.2. The Labute approximate surface area is 78.4 Å². The molecule has 0 aliphatic heterocycles. The van der Waals surface area contributed by atoms with Gasteiger partial charge in [0.25, 0.3) is 6.20 Å². The van der Waals surface area contributed by atoms with Crippen molar-refractivity contribution < 1.29 is 4.92 Å². The molecular weight excluding hydrogens is 170 g/mol. The Bertz CT molecular complexity index is 188. The molecule has 0 radical (unpaired) electrons. The van der Waals surface area contributed by atoms with Crippen LogP contribution in [0, 0.1) is 10.1 Å². The van der Waals surface area contributed by atoms with E-state index >= 15 is 0 Å². The van der Waals surface area contributed by atoms with Gasteiger partial charge in [0.15, 0.2) is 5.82 Å². The lowest BCUT2D eigenvalue weighted by Gasteiger charge is -2.16. The zero-order valence-corrected chi connectivity index (χ0v) is 8.50. The highest BCUT2D eigenvalue weighted by atomic mass is 16.6. The van der Waals surface area contributed by atoms with Crippen molar-refractivity contribution in [3.8, 4) is 0 Å². The van der Waals surface area contributed by atoms with Gasteiger partial charge < -0.3 is 10.6 Å². The molecule has 0 aliphatic rings. The molecular formula is C8H17N3O2. The average Bonchev–Trinajstić information content (AvgIpc) is 1.80. The summed E-state index contributed by atoms with van der Waals surface area (Å²) in [6.07, 6.45) is 0.944. The molecule has 0 amide bonds. The third-order valence-electron chi connectivity index (χ3n) is 1.12. The second kappa shape index (κ2) is 5.40. The molecule has 0 aromatic heterocycles. The summed E-state index contributed by atoms with van der Waals surface area (Å²) in [4.78, 5) is 9.75. The van der Waals surface area contributed by atoms with Crippen molar-refractivity contribution in [2.75, 3.05) is 0 Å². The second-order valence-electron chi connectivity index (χ2n) is 3.43. The lowest BCUT2D eigenvalue weighted by atomic mass is 10.3. The fraction of sp³-hybridized carbons (Fsp3) is 0.750. The van der Waals surface area contributed by atoms with Crippen LogP contribution >= 0.6 is 0 Å². The van der Waals surface area contributed by atoms with E-state index in [4.69, 9.17) is 0 Å². The first kappa shape index (κ1) is 11.7. The van der Waals surface area contributed by atoms with Gasteiger partial charge in [-0.3, -0.25) is 10.1 Å². The molecule has 5 nitrogen and oxygen atoms in total. The van der Waals surface area contributed by atoms with Gasteiger partial charge in [-0.25, -0.2) is 0 Å². The SMILES string of the molecule is CC(C)NC(=C[N+](=O)[O-])NC(C)C. The molecule has 0 aliphatic carbocycles. The van der Waals surface area contributed by atoms with Crippen molar-refractivity contribution in [3.63, 3.8) is 0 Å². The standard InChI is InChI=1S/C8H17N3O2/c1-6(2)9-8(5-11(12)13)10-7(3)4/h5-7,9-10H,1-4H3. The molecule has 13 heavy (non-hydrogen) atoms. The summed E-state index contributed by atoms with van der Waals surface area (Å²) in [7, 11) is 0. The topological polar surface area (TPSA) is 67.2 Å². The van der Waals surface area contributed by atoms with Crippen LogP contribution in [0.4, 0.5) is 0 Å². The zero-order chi connectivity index (χ0) is 10.4. The van der Waals surface area contributed by atoms with Crippen molar-refractivity contribution in [1.82, 2.24) is 10.6 Å². The summed E-state index contributed by atoms with van der Waals surface area (Å²) < 4.78 is 0. The molecule has 2 N–H and O–H groups in total. The summed E-state index contributed by atoms with van der Waals surface area (Å²) in [5.74, 6) is 0.454. The smallest absolute Gasteiger partial charge is 0.274 e. The van der Waals surface area contributed by atoms with Crippen molar-refractivity contribution in [1.29, 1.82) is 0 Å². The lowest BCUT2D eigenvalue weighted by molar-refractivity contribution is -0.404. The van der Waals surface area contributed by atoms with E-state index in [0.717, 1.165) is 6.20 Å². The first-order chi connectivity index (χ1) is 5.91. The van der Waals surface area contributed by atoms with E-state index in [1.165, 1.54) is 0 Å². The third-order valence-corrected chi connectivity index (χ3v) is 1.12. The molecule has 0 aromatic rings. The maximum atomic E-state index is 10.2. The van der Waals surface area contributed by atoms with Crippen LogP contribution in [0.15, 0.2) is 12.0 Å². The molecule has 0 fully saturated rings. The van der Waals surface area contributed by atoms with Crippen LogP contribution in [0.25, 0.3) is 0 Å². The lowest BCUT2D eigenvalue weighted by Crippen LogP contribution is -2.35. The summed E-state index contributed by atoms with van der Waals surface area (Å²) >= 11 is 0.